The zero-order valence-corrected chi connectivity index (χ0v) is 11.0. The van der Waals surface area contributed by atoms with Crippen molar-refractivity contribution in [3.63, 3.8) is 0 Å². The van der Waals surface area contributed by atoms with Crippen molar-refractivity contribution in [1.82, 2.24) is 10.0 Å². The Morgan fingerprint density at radius 3 is 2.24 bits per heavy atom. The summed E-state index contributed by atoms with van der Waals surface area (Å²) in [6.45, 7) is 0. The molecule has 0 aromatic rings. The molecule has 0 aromatic carbocycles. The van der Waals surface area contributed by atoms with Crippen LogP contribution in [0.2, 0.25) is 0 Å². The van der Waals surface area contributed by atoms with Gasteiger partial charge >= 0.3 is 5.97 Å². The number of ether oxygens (including phenoxy) is 1. The Balaban J connectivity index is 2.41. The Labute approximate surface area is 102 Å². The van der Waals surface area contributed by atoms with Crippen molar-refractivity contribution < 1.29 is 17.9 Å². The third-order valence-electron chi connectivity index (χ3n) is 3.02. The molecule has 100 valence electrons. The minimum absolute atomic E-state index is 0.0609. The number of rotatable bonds is 5. The van der Waals surface area contributed by atoms with E-state index in [1.165, 1.54) is 7.11 Å². The van der Waals surface area contributed by atoms with Gasteiger partial charge in [0.05, 0.1) is 7.11 Å². The Hall–Kier alpha value is -0.660. The number of esters is 1. The van der Waals surface area contributed by atoms with E-state index in [4.69, 9.17) is 0 Å². The van der Waals surface area contributed by atoms with Crippen molar-refractivity contribution in [3.8, 4) is 0 Å². The molecular formula is C10H20N2O4S. The molecule has 0 bridgehead atoms. The number of nitrogens with one attached hydrogen (secondary N) is 2. The van der Waals surface area contributed by atoms with Gasteiger partial charge in [-0.25, -0.2) is 13.1 Å². The van der Waals surface area contributed by atoms with E-state index < -0.39 is 21.7 Å². The van der Waals surface area contributed by atoms with E-state index in [0.717, 1.165) is 25.7 Å². The third-order valence-corrected chi connectivity index (χ3v) is 4.33. The van der Waals surface area contributed by atoms with Gasteiger partial charge in [0, 0.05) is 12.1 Å². The van der Waals surface area contributed by atoms with E-state index in [9.17, 15) is 13.2 Å². The van der Waals surface area contributed by atoms with Gasteiger partial charge in [0.2, 0.25) is 10.0 Å². The molecule has 2 N–H and O–H groups in total. The standard InChI is InChI=1S/C10H20N2O4S/c1-11-8-3-5-9(6-4-8)12-17(14,15)7-10(13)16-2/h8-9,11-12H,3-7H2,1-2H3. The second kappa shape index (κ2) is 6.32. The smallest absolute Gasteiger partial charge is 0.322 e. The summed E-state index contributed by atoms with van der Waals surface area (Å²) in [6.07, 6.45) is 3.49. The first-order chi connectivity index (χ1) is 7.96. The molecule has 0 heterocycles. The minimum Gasteiger partial charge on any atom is -0.468 e. The summed E-state index contributed by atoms with van der Waals surface area (Å²) in [5.74, 6) is -1.34. The molecule has 0 aromatic heterocycles. The topological polar surface area (TPSA) is 84.5 Å². The van der Waals surface area contributed by atoms with Gasteiger partial charge in [-0.2, -0.15) is 0 Å². The van der Waals surface area contributed by atoms with Gasteiger partial charge in [-0.3, -0.25) is 4.79 Å². The third kappa shape index (κ3) is 5.01. The lowest BCUT2D eigenvalue weighted by Gasteiger charge is -2.28. The van der Waals surface area contributed by atoms with Crippen molar-refractivity contribution in [3.05, 3.63) is 0 Å². The zero-order chi connectivity index (χ0) is 12.9. The second-order valence-corrected chi connectivity index (χ2v) is 6.04. The predicted molar refractivity (Wildman–Crippen MR) is 64.0 cm³/mol. The van der Waals surface area contributed by atoms with Gasteiger partial charge in [-0.15, -0.1) is 0 Å². The maximum absolute atomic E-state index is 11.6. The maximum atomic E-state index is 11.6. The second-order valence-electron chi connectivity index (χ2n) is 4.29. The van der Waals surface area contributed by atoms with Gasteiger partial charge in [0.15, 0.2) is 5.75 Å². The Morgan fingerprint density at radius 1 is 1.24 bits per heavy atom. The highest BCUT2D eigenvalue weighted by molar-refractivity contribution is 7.90. The number of hydrogen-bond acceptors (Lipinski definition) is 5. The highest BCUT2D eigenvalue weighted by Gasteiger charge is 2.25. The first-order valence-corrected chi connectivity index (χ1v) is 7.36. The highest BCUT2D eigenvalue weighted by atomic mass is 32.2. The lowest BCUT2D eigenvalue weighted by Crippen LogP contribution is -2.43. The van der Waals surface area contributed by atoms with E-state index in [1.54, 1.807) is 0 Å². The van der Waals surface area contributed by atoms with Crippen LogP contribution in [0.4, 0.5) is 0 Å². The van der Waals surface area contributed by atoms with Crippen LogP contribution in [0.5, 0.6) is 0 Å². The monoisotopic (exact) mass is 264 g/mol. The fraction of sp³-hybridized carbons (Fsp3) is 0.900. The van der Waals surface area contributed by atoms with Crippen LogP contribution in [0.1, 0.15) is 25.7 Å². The van der Waals surface area contributed by atoms with Crippen molar-refractivity contribution >= 4 is 16.0 Å². The number of sulfonamides is 1. The van der Waals surface area contributed by atoms with Crippen LogP contribution in [-0.2, 0) is 19.6 Å². The predicted octanol–water partition coefficient (Wildman–Crippen LogP) is -0.391. The Bertz CT molecular complexity index is 347. The van der Waals surface area contributed by atoms with Gasteiger partial charge in [0.25, 0.3) is 0 Å². The number of methoxy groups -OCH3 is 1. The lowest BCUT2D eigenvalue weighted by atomic mass is 9.92. The van der Waals surface area contributed by atoms with Gasteiger partial charge < -0.3 is 10.1 Å². The molecule has 6 nitrogen and oxygen atoms in total. The fourth-order valence-electron chi connectivity index (χ4n) is 2.01. The van der Waals surface area contributed by atoms with Gasteiger partial charge in [-0.1, -0.05) is 0 Å². The zero-order valence-electron chi connectivity index (χ0n) is 10.2. The molecule has 0 amide bonds. The summed E-state index contributed by atoms with van der Waals surface area (Å²) in [4.78, 5) is 10.9. The van der Waals surface area contributed by atoms with Crippen molar-refractivity contribution in [2.75, 3.05) is 19.9 Å². The van der Waals surface area contributed by atoms with Crippen LogP contribution >= 0.6 is 0 Å². The van der Waals surface area contributed by atoms with Crippen LogP contribution in [0.25, 0.3) is 0 Å². The molecule has 1 fully saturated rings. The first kappa shape index (κ1) is 14.4. The minimum atomic E-state index is -3.56. The number of carbonyl (C=O) groups is 1. The largest absolute Gasteiger partial charge is 0.468 e. The van der Waals surface area contributed by atoms with Gasteiger partial charge in [0.1, 0.15) is 0 Å². The summed E-state index contributed by atoms with van der Waals surface area (Å²) in [5, 5.41) is 3.18. The van der Waals surface area contributed by atoms with Crippen LogP contribution < -0.4 is 10.0 Å². The van der Waals surface area contributed by atoms with Crippen LogP contribution in [0.15, 0.2) is 0 Å². The molecule has 1 aliphatic rings. The molecular weight excluding hydrogens is 244 g/mol. The number of carbonyl (C=O) groups excluding carboxylic acids is 1. The summed E-state index contributed by atoms with van der Waals surface area (Å²) in [5.41, 5.74) is 0. The Kier molecular flexibility index (Phi) is 5.35. The summed E-state index contributed by atoms with van der Waals surface area (Å²) >= 11 is 0. The molecule has 1 aliphatic carbocycles. The summed E-state index contributed by atoms with van der Waals surface area (Å²) in [7, 11) is -0.476. The molecule has 1 saturated carbocycles. The molecule has 17 heavy (non-hydrogen) atoms. The average molecular weight is 264 g/mol. The molecule has 0 radical (unpaired) electrons. The summed E-state index contributed by atoms with van der Waals surface area (Å²) < 4.78 is 30.1. The van der Waals surface area contributed by atoms with Crippen LogP contribution in [0, 0.1) is 0 Å². The van der Waals surface area contributed by atoms with Crippen molar-refractivity contribution in [2.24, 2.45) is 0 Å². The normalized spacial score (nSPS) is 25.5. The summed E-state index contributed by atoms with van der Waals surface area (Å²) in [6, 6.07) is 0.408. The average Bonchev–Trinajstić information content (AvgIpc) is 2.28. The van der Waals surface area contributed by atoms with Crippen molar-refractivity contribution in [1.29, 1.82) is 0 Å². The van der Waals surface area contributed by atoms with Gasteiger partial charge in [-0.05, 0) is 32.7 Å². The maximum Gasteiger partial charge on any atom is 0.322 e. The lowest BCUT2D eigenvalue weighted by molar-refractivity contribution is -0.137. The SMILES string of the molecule is CNC1CCC(NS(=O)(=O)CC(=O)OC)CC1. The molecule has 0 saturated heterocycles. The molecule has 0 unspecified atom stereocenters. The Morgan fingerprint density at radius 2 is 1.76 bits per heavy atom. The van der Waals surface area contributed by atoms with Crippen LogP contribution in [0.3, 0.4) is 0 Å². The molecule has 0 atom stereocenters. The highest BCUT2D eigenvalue weighted by Crippen LogP contribution is 2.18. The van der Waals surface area contributed by atoms with E-state index in [1.807, 2.05) is 7.05 Å². The van der Waals surface area contributed by atoms with Crippen LogP contribution in [-0.4, -0.2) is 46.4 Å². The number of hydrogen-bond donors (Lipinski definition) is 2. The molecule has 0 spiro atoms. The van der Waals surface area contributed by atoms with E-state index in [0.29, 0.717) is 6.04 Å². The molecule has 0 aliphatic heterocycles. The van der Waals surface area contributed by atoms with E-state index in [2.05, 4.69) is 14.8 Å². The van der Waals surface area contributed by atoms with E-state index in [-0.39, 0.29) is 6.04 Å². The van der Waals surface area contributed by atoms with Crippen molar-refractivity contribution in [2.45, 2.75) is 37.8 Å². The van der Waals surface area contributed by atoms with E-state index >= 15 is 0 Å². The fourth-order valence-corrected chi connectivity index (χ4v) is 3.26. The molecule has 7 heteroatoms. The quantitative estimate of drug-likeness (QED) is 0.661. The molecule has 1 rings (SSSR count). The first-order valence-electron chi connectivity index (χ1n) is 5.71.